The topological polar surface area (TPSA) is 48.0 Å². The zero-order valence-electron chi connectivity index (χ0n) is 17.2. The van der Waals surface area contributed by atoms with Crippen LogP contribution in [0.15, 0.2) is 42.5 Å². The number of rotatable bonds is 6. The molecule has 0 saturated heterocycles. The van der Waals surface area contributed by atoms with Crippen molar-refractivity contribution in [3.05, 3.63) is 59.2 Å². The fourth-order valence-electron chi connectivity index (χ4n) is 4.22. The van der Waals surface area contributed by atoms with E-state index in [1.165, 1.54) is 11.1 Å². The number of carbonyl (C=O) groups is 1. The molecular weight excluding hydrogens is 366 g/mol. The monoisotopic (exact) mass is 395 g/mol. The number of hydrogen-bond acceptors (Lipinski definition) is 5. The molecule has 2 aromatic carbocycles. The Morgan fingerprint density at radius 2 is 1.66 bits per heavy atom. The molecule has 1 fully saturated rings. The Balaban J connectivity index is 1.24. The van der Waals surface area contributed by atoms with E-state index < -0.39 is 0 Å². The van der Waals surface area contributed by atoms with E-state index in [1.54, 1.807) is 0 Å². The van der Waals surface area contributed by atoms with E-state index >= 15 is 0 Å². The average molecular weight is 395 g/mol. The van der Waals surface area contributed by atoms with E-state index in [0.29, 0.717) is 11.7 Å². The average Bonchev–Trinajstić information content (AvgIpc) is 3.16. The van der Waals surface area contributed by atoms with Crippen molar-refractivity contribution < 1.29 is 19.0 Å². The van der Waals surface area contributed by atoms with Crippen molar-refractivity contribution in [2.24, 2.45) is 0 Å². The van der Waals surface area contributed by atoms with Crippen molar-refractivity contribution in [1.82, 2.24) is 4.90 Å². The van der Waals surface area contributed by atoms with Crippen LogP contribution in [0.2, 0.25) is 0 Å². The molecule has 1 saturated carbocycles. The lowest BCUT2D eigenvalue weighted by molar-refractivity contribution is -0.149. The van der Waals surface area contributed by atoms with Gasteiger partial charge in [-0.05, 0) is 74.5 Å². The van der Waals surface area contributed by atoms with Gasteiger partial charge in [-0.3, -0.25) is 4.79 Å². The summed E-state index contributed by atoms with van der Waals surface area (Å²) in [6.07, 6.45) is 4.28. The smallest absolute Gasteiger partial charge is 0.310 e. The maximum atomic E-state index is 12.4. The normalized spacial score (nSPS) is 20.7. The molecule has 0 amide bonds. The summed E-state index contributed by atoms with van der Waals surface area (Å²) in [7, 11) is 4.17. The van der Waals surface area contributed by atoms with Gasteiger partial charge < -0.3 is 19.1 Å². The quantitative estimate of drug-likeness (QED) is 0.683. The molecule has 4 rings (SSSR count). The highest BCUT2D eigenvalue weighted by Crippen LogP contribution is 2.35. The summed E-state index contributed by atoms with van der Waals surface area (Å²) >= 11 is 0. The molecule has 1 aliphatic heterocycles. The maximum Gasteiger partial charge on any atom is 0.310 e. The van der Waals surface area contributed by atoms with Gasteiger partial charge in [-0.1, -0.05) is 30.3 Å². The Bertz CT molecular complexity index is 838. The van der Waals surface area contributed by atoms with Gasteiger partial charge in [0.1, 0.15) is 6.10 Å². The maximum absolute atomic E-state index is 12.4. The largest absolute Gasteiger partial charge is 0.462 e. The lowest BCUT2D eigenvalue weighted by Crippen LogP contribution is -2.24. The van der Waals surface area contributed by atoms with Crippen LogP contribution in [0.1, 0.15) is 48.3 Å². The Morgan fingerprint density at radius 3 is 2.38 bits per heavy atom. The van der Waals surface area contributed by atoms with E-state index in [2.05, 4.69) is 43.3 Å². The molecule has 0 spiro atoms. The number of ether oxygens (including phenoxy) is 3. The van der Waals surface area contributed by atoms with E-state index in [9.17, 15) is 4.79 Å². The first-order chi connectivity index (χ1) is 14.1. The molecule has 0 bridgehead atoms. The summed E-state index contributed by atoms with van der Waals surface area (Å²) < 4.78 is 16.4. The molecule has 0 unspecified atom stereocenters. The summed E-state index contributed by atoms with van der Waals surface area (Å²) in [4.78, 5) is 14.5. The Labute approximate surface area is 172 Å². The highest BCUT2D eigenvalue weighted by molar-refractivity contribution is 5.73. The molecule has 2 aromatic rings. The highest BCUT2D eigenvalue weighted by atomic mass is 16.7. The molecule has 29 heavy (non-hydrogen) atoms. The molecule has 0 N–H and O–H groups in total. The summed E-state index contributed by atoms with van der Waals surface area (Å²) in [5.74, 6) is 1.83. The summed E-state index contributed by atoms with van der Waals surface area (Å²) in [6.45, 7) is 1.21. The van der Waals surface area contributed by atoms with Gasteiger partial charge in [0.15, 0.2) is 11.5 Å². The summed E-state index contributed by atoms with van der Waals surface area (Å²) in [6, 6.07) is 14.6. The number of nitrogens with zero attached hydrogens (tertiary/aromatic N) is 1. The van der Waals surface area contributed by atoms with E-state index in [-0.39, 0.29) is 25.3 Å². The SMILES string of the molecule is CN(C)Cc1ccc([C@H]2CC[C@H](OC(=O)Cc3ccc4c(c3)OCO4)CC2)cc1. The van der Waals surface area contributed by atoms with Crippen molar-refractivity contribution in [2.45, 2.75) is 50.7 Å². The second kappa shape index (κ2) is 8.87. The molecular formula is C24H29NO4. The van der Waals surface area contributed by atoms with Crippen LogP contribution < -0.4 is 9.47 Å². The van der Waals surface area contributed by atoms with E-state index in [0.717, 1.165) is 43.5 Å². The van der Waals surface area contributed by atoms with Gasteiger partial charge in [0.25, 0.3) is 0 Å². The Morgan fingerprint density at radius 1 is 0.966 bits per heavy atom. The second-order valence-electron chi connectivity index (χ2n) is 8.31. The third-order valence-corrected chi connectivity index (χ3v) is 5.71. The van der Waals surface area contributed by atoms with Crippen LogP contribution >= 0.6 is 0 Å². The van der Waals surface area contributed by atoms with Crippen LogP contribution in [0.5, 0.6) is 11.5 Å². The van der Waals surface area contributed by atoms with Gasteiger partial charge in [0.05, 0.1) is 6.42 Å². The predicted octanol–water partition coefficient (Wildman–Crippen LogP) is 4.29. The number of fused-ring (bicyclic) bond motifs is 1. The van der Waals surface area contributed by atoms with Crippen molar-refractivity contribution >= 4 is 5.97 Å². The minimum absolute atomic E-state index is 0.0285. The molecule has 5 nitrogen and oxygen atoms in total. The van der Waals surface area contributed by atoms with Crippen LogP contribution in [-0.2, 0) is 22.5 Å². The van der Waals surface area contributed by atoms with Gasteiger partial charge >= 0.3 is 5.97 Å². The summed E-state index contributed by atoms with van der Waals surface area (Å²) in [5.41, 5.74) is 3.63. The van der Waals surface area contributed by atoms with Gasteiger partial charge in [0, 0.05) is 6.54 Å². The fraction of sp³-hybridized carbons (Fsp3) is 0.458. The van der Waals surface area contributed by atoms with E-state index in [1.807, 2.05) is 18.2 Å². The predicted molar refractivity (Wildman–Crippen MR) is 111 cm³/mol. The first kappa shape index (κ1) is 19.8. The first-order valence-electron chi connectivity index (χ1n) is 10.4. The zero-order chi connectivity index (χ0) is 20.2. The molecule has 0 aromatic heterocycles. The van der Waals surface area contributed by atoms with Crippen molar-refractivity contribution in [2.75, 3.05) is 20.9 Å². The van der Waals surface area contributed by atoms with Crippen LogP contribution in [0, 0.1) is 0 Å². The Kier molecular flexibility index (Phi) is 6.05. The van der Waals surface area contributed by atoms with Crippen LogP contribution in [0.3, 0.4) is 0 Å². The van der Waals surface area contributed by atoms with Gasteiger partial charge in [-0.25, -0.2) is 0 Å². The van der Waals surface area contributed by atoms with Gasteiger partial charge in [-0.15, -0.1) is 0 Å². The molecule has 5 heteroatoms. The van der Waals surface area contributed by atoms with Crippen LogP contribution in [0.4, 0.5) is 0 Å². The van der Waals surface area contributed by atoms with E-state index in [4.69, 9.17) is 14.2 Å². The number of esters is 1. The molecule has 1 aliphatic carbocycles. The standard InChI is InChI=1S/C24H29NO4/c1-25(2)15-17-3-6-19(7-4-17)20-8-10-21(11-9-20)29-24(26)14-18-5-12-22-23(13-18)28-16-27-22/h3-7,12-13,20-21H,8-11,14-16H2,1-2H3/t20-,21-. The molecule has 2 aliphatic rings. The third-order valence-electron chi connectivity index (χ3n) is 5.71. The lowest BCUT2D eigenvalue weighted by atomic mass is 9.82. The van der Waals surface area contributed by atoms with Crippen LogP contribution in [-0.4, -0.2) is 37.9 Å². The number of carbonyl (C=O) groups excluding carboxylic acids is 1. The third kappa shape index (κ3) is 5.10. The zero-order valence-corrected chi connectivity index (χ0v) is 17.2. The Hall–Kier alpha value is -2.53. The van der Waals surface area contributed by atoms with Gasteiger partial charge in [0.2, 0.25) is 6.79 Å². The first-order valence-corrected chi connectivity index (χ1v) is 10.4. The van der Waals surface area contributed by atoms with Crippen molar-refractivity contribution in [1.29, 1.82) is 0 Å². The molecule has 0 radical (unpaired) electrons. The minimum atomic E-state index is -0.166. The fourth-order valence-corrected chi connectivity index (χ4v) is 4.22. The van der Waals surface area contributed by atoms with Gasteiger partial charge in [-0.2, -0.15) is 0 Å². The highest BCUT2D eigenvalue weighted by Gasteiger charge is 2.25. The summed E-state index contributed by atoms with van der Waals surface area (Å²) in [5, 5.41) is 0. The van der Waals surface area contributed by atoms with Crippen molar-refractivity contribution in [3.8, 4) is 11.5 Å². The second-order valence-corrected chi connectivity index (χ2v) is 8.31. The minimum Gasteiger partial charge on any atom is -0.462 e. The molecule has 1 heterocycles. The number of benzene rings is 2. The molecule has 0 atom stereocenters. The lowest BCUT2D eigenvalue weighted by Gasteiger charge is -2.28. The number of hydrogen-bond donors (Lipinski definition) is 0. The van der Waals surface area contributed by atoms with Crippen LogP contribution in [0.25, 0.3) is 0 Å². The molecule has 154 valence electrons. The van der Waals surface area contributed by atoms with Crippen molar-refractivity contribution in [3.63, 3.8) is 0 Å².